The molecule has 0 radical (unpaired) electrons. The highest BCUT2D eigenvalue weighted by atomic mass is 16.3. The predicted molar refractivity (Wildman–Crippen MR) is 62.0 cm³/mol. The molecule has 2 aliphatic rings. The van der Waals surface area contributed by atoms with Crippen LogP contribution in [0, 0.1) is 5.92 Å². The van der Waals surface area contributed by atoms with Crippen LogP contribution in [0.3, 0.4) is 0 Å². The molecule has 0 unspecified atom stereocenters. The maximum absolute atomic E-state index is 11.8. The number of carbonyl (C=O) groups excluding carboxylic acids is 1. The fourth-order valence-corrected chi connectivity index (χ4v) is 2.89. The Balaban J connectivity index is 2.18. The smallest absolute Gasteiger partial charge is 0.162 e. The number of Topliss-reactive ketones (excluding diaryl/α,β-unsaturated/α-hetero) is 1. The second-order valence-electron chi connectivity index (χ2n) is 4.64. The van der Waals surface area contributed by atoms with Gasteiger partial charge in [0.05, 0.1) is 0 Å². The first-order valence-electron chi connectivity index (χ1n) is 5.82. The number of aliphatic hydroxyl groups excluding tert-OH is 1. The molecule has 0 spiro atoms. The molecule has 0 amide bonds. The highest BCUT2D eigenvalue weighted by Gasteiger charge is 2.33. The van der Waals surface area contributed by atoms with Gasteiger partial charge in [-0.05, 0) is 30.7 Å². The Morgan fingerprint density at radius 3 is 2.94 bits per heavy atom. The fourth-order valence-electron chi connectivity index (χ4n) is 2.89. The van der Waals surface area contributed by atoms with Crippen molar-refractivity contribution < 1.29 is 9.90 Å². The van der Waals surface area contributed by atoms with E-state index in [2.05, 4.69) is 0 Å². The van der Waals surface area contributed by atoms with Crippen molar-refractivity contribution in [2.24, 2.45) is 5.92 Å². The van der Waals surface area contributed by atoms with Gasteiger partial charge >= 0.3 is 0 Å². The molecule has 1 saturated carbocycles. The number of fused-ring (bicyclic) bond motifs is 2. The molecular formula is C14H14O2. The zero-order valence-corrected chi connectivity index (χ0v) is 9.07. The van der Waals surface area contributed by atoms with Crippen LogP contribution in [0.15, 0.2) is 29.8 Å². The molecule has 0 saturated heterocycles. The Labute approximate surface area is 94.6 Å². The van der Waals surface area contributed by atoms with E-state index in [0.717, 1.165) is 24.8 Å². The summed E-state index contributed by atoms with van der Waals surface area (Å²) in [5, 5.41) is 10.2. The van der Waals surface area contributed by atoms with Gasteiger partial charge in [0.1, 0.15) is 5.76 Å². The zero-order valence-electron chi connectivity index (χ0n) is 9.07. The van der Waals surface area contributed by atoms with Crippen molar-refractivity contribution in [1.29, 1.82) is 0 Å². The van der Waals surface area contributed by atoms with Crippen LogP contribution in [-0.4, -0.2) is 10.9 Å². The first-order valence-corrected chi connectivity index (χ1v) is 5.82. The minimum atomic E-state index is 0.142. The van der Waals surface area contributed by atoms with Gasteiger partial charge in [0.2, 0.25) is 0 Å². The molecule has 1 N–H and O–H groups in total. The van der Waals surface area contributed by atoms with Crippen molar-refractivity contribution in [2.45, 2.75) is 25.7 Å². The highest BCUT2D eigenvalue weighted by Crippen LogP contribution is 2.39. The van der Waals surface area contributed by atoms with Gasteiger partial charge in [-0.2, -0.15) is 0 Å². The molecule has 0 bridgehead atoms. The lowest BCUT2D eigenvalue weighted by molar-refractivity contribution is -0.117. The van der Waals surface area contributed by atoms with Crippen molar-refractivity contribution in [3.8, 4) is 0 Å². The van der Waals surface area contributed by atoms with Crippen molar-refractivity contribution >= 4 is 11.5 Å². The van der Waals surface area contributed by atoms with Crippen LogP contribution in [0.2, 0.25) is 0 Å². The quantitative estimate of drug-likeness (QED) is 0.721. The Kier molecular flexibility index (Phi) is 2.10. The van der Waals surface area contributed by atoms with Gasteiger partial charge in [-0.25, -0.2) is 0 Å². The Bertz CT molecular complexity index is 485. The summed E-state index contributed by atoms with van der Waals surface area (Å²) in [4.78, 5) is 11.8. The van der Waals surface area contributed by atoms with E-state index < -0.39 is 0 Å². The van der Waals surface area contributed by atoms with Crippen molar-refractivity contribution in [3.05, 3.63) is 41.0 Å². The minimum absolute atomic E-state index is 0.142. The topological polar surface area (TPSA) is 37.3 Å². The predicted octanol–water partition coefficient (Wildman–Crippen LogP) is 2.88. The average Bonchev–Trinajstić information content (AvgIpc) is 2.29. The molecule has 1 atom stereocenters. The maximum Gasteiger partial charge on any atom is 0.162 e. The zero-order chi connectivity index (χ0) is 11.1. The van der Waals surface area contributed by atoms with Crippen LogP contribution in [0.4, 0.5) is 0 Å². The minimum Gasteiger partial charge on any atom is -0.507 e. The SMILES string of the molecule is O=C1CCC[C@H]2Cc3ccccc3C(O)=C12. The molecule has 82 valence electrons. The third-order valence-corrected chi connectivity index (χ3v) is 3.66. The lowest BCUT2D eigenvalue weighted by Gasteiger charge is -2.30. The van der Waals surface area contributed by atoms with Crippen LogP contribution >= 0.6 is 0 Å². The summed E-state index contributed by atoms with van der Waals surface area (Å²) < 4.78 is 0. The monoisotopic (exact) mass is 214 g/mol. The maximum atomic E-state index is 11.8. The van der Waals surface area contributed by atoms with E-state index >= 15 is 0 Å². The van der Waals surface area contributed by atoms with E-state index in [9.17, 15) is 9.90 Å². The molecule has 0 aliphatic heterocycles. The molecule has 3 rings (SSSR count). The van der Waals surface area contributed by atoms with Gasteiger partial charge < -0.3 is 5.11 Å². The largest absolute Gasteiger partial charge is 0.507 e. The number of hydrogen-bond acceptors (Lipinski definition) is 2. The Morgan fingerprint density at radius 2 is 2.06 bits per heavy atom. The summed E-state index contributed by atoms with van der Waals surface area (Å²) >= 11 is 0. The van der Waals surface area contributed by atoms with Crippen LogP contribution in [0.25, 0.3) is 5.76 Å². The fraction of sp³-hybridized carbons (Fsp3) is 0.357. The van der Waals surface area contributed by atoms with E-state index in [1.54, 1.807) is 0 Å². The van der Waals surface area contributed by atoms with Gasteiger partial charge in [0.15, 0.2) is 5.78 Å². The number of rotatable bonds is 0. The van der Waals surface area contributed by atoms with Gasteiger partial charge in [-0.3, -0.25) is 4.79 Å². The lowest BCUT2D eigenvalue weighted by Crippen LogP contribution is -2.26. The summed E-state index contributed by atoms with van der Waals surface area (Å²) in [6.07, 6.45) is 3.49. The number of allylic oxidation sites excluding steroid dienone is 1. The van der Waals surface area contributed by atoms with E-state index in [-0.39, 0.29) is 17.5 Å². The first-order chi connectivity index (χ1) is 7.77. The van der Waals surface area contributed by atoms with Gasteiger partial charge in [-0.15, -0.1) is 0 Å². The van der Waals surface area contributed by atoms with E-state index in [0.29, 0.717) is 12.0 Å². The number of aliphatic hydroxyl groups is 1. The summed E-state index contributed by atoms with van der Waals surface area (Å²) in [5.74, 6) is 0.621. The van der Waals surface area contributed by atoms with Gasteiger partial charge in [0, 0.05) is 17.6 Å². The molecule has 0 aromatic heterocycles. The van der Waals surface area contributed by atoms with E-state index in [1.807, 2.05) is 24.3 Å². The van der Waals surface area contributed by atoms with Crippen LogP contribution in [-0.2, 0) is 11.2 Å². The average molecular weight is 214 g/mol. The summed E-state index contributed by atoms with van der Waals surface area (Å²) in [5.41, 5.74) is 2.71. The Morgan fingerprint density at radius 1 is 1.25 bits per heavy atom. The van der Waals surface area contributed by atoms with Crippen molar-refractivity contribution in [2.75, 3.05) is 0 Å². The molecule has 1 aromatic rings. The second kappa shape index (κ2) is 3.48. The molecule has 2 aliphatic carbocycles. The third-order valence-electron chi connectivity index (χ3n) is 3.66. The molecule has 0 heterocycles. The molecule has 2 nitrogen and oxygen atoms in total. The Hall–Kier alpha value is -1.57. The standard InChI is InChI=1S/C14H14O2/c15-12-7-3-5-10-8-9-4-1-2-6-11(9)14(16)13(10)12/h1-2,4,6,10,16H,3,5,7-8H2/t10-/m0/s1. The molecular weight excluding hydrogens is 200 g/mol. The number of carbonyl (C=O) groups is 1. The number of ketones is 1. The second-order valence-corrected chi connectivity index (χ2v) is 4.64. The first kappa shape index (κ1) is 9.64. The third kappa shape index (κ3) is 1.29. The van der Waals surface area contributed by atoms with E-state index in [1.165, 1.54) is 5.56 Å². The lowest BCUT2D eigenvalue weighted by atomic mass is 9.74. The van der Waals surface area contributed by atoms with Crippen molar-refractivity contribution in [1.82, 2.24) is 0 Å². The summed E-state index contributed by atoms with van der Waals surface area (Å²) in [6.45, 7) is 0. The van der Waals surface area contributed by atoms with Crippen molar-refractivity contribution in [3.63, 3.8) is 0 Å². The van der Waals surface area contributed by atoms with Gasteiger partial charge in [0.25, 0.3) is 0 Å². The summed E-state index contributed by atoms with van der Waals surface area (Å²) in [7, 11) is 0. The van der Waals surface area contributed by atoms with Crippen LogP contribution in [0.5, 0.6) is 0 Å². The van der Waals surface area contributed by atoms with Gasteiger partial charge in [-0.1, -0.05) is 24.3 Å². The van der Waals surface area contributed by atoms with Crippen LogP contribution in [0.1, 0.15) is 30.4 Å². The molecule has 1 fully saturated rings. The van der Waals surface area contributed by atoms with E-state index in [4.69, 9.17) is 0 Å². The normalized spacial score (nSPS) is 24.0. The number of hydrogen-bond donors (Lipinski definition) is 1. The van der Waals surface area contributed by atoms with Crippen LogP contribution < -0.4 is 0 Å². The molecule has 2 heteroatoms. The molecule has 16 heavy (non-hydrogen) atoms. The highest BCUT2D eigenvalue weighted by molar-refractivity contribution is 6.03. The molecule has 1 aromatic carbocycles. The summed E-state index contributed by atoms with van der Waals surface area (Å²) in [6, 6.07) is 7.84. The number of benzene rings is 1.